The molecular formula is C11H21N3. The standard InChI is InChI=1S/C11H21N3/c1-4-11(9-12-3)10(2)14-7-5-13-6-8-14/h10,12-13H,1,5-9H2,2-3H3/t10-/m0/s1. The van der Waals surface area contributed by atoms with Gasteiger partial charge in [0.1, 0.15) is 0 Å². The van der Waals surface area contributed by atoms with E-state index in [0.717, 1.165) is 32.7 Å². The largest absolute Gasteiger partial charge is 0.315 e. The van der Waals surface area contributed by atoms with Crippen LogP contribution in [-0.4, -0.2) is 50.7 Å². The zero-order chi connectivity index (χ0) is 10.4. The predicted octanol–water partition coefficient (Wildman–Crippen LogP) is 0.211. The first-order valence-electron chi connectivity index (χ1n) is 5.27. The summed E-state index contributed by atoms with van der Waals surface area (Å²) in [7, 11) is 1.96. The summed E-state index contributed by atoms with van der Waals surface area (Å²) in [6.45, 7) is 11.3. The molecule has 0 aromatic heterocycles. The first kappa shape index (κ1) is 11.5. The molecule has 0 unspecified atom stereocenters. The average molecular weight is 195 g/mol. The Hall–Kier alpha value is -0.600. The van der Waals surface area contributed by atoms with Crippen LogP contribution in [0.4, 0.5) is 0 Å². The lowest BCUT2D eigenvalue weighted by molar-refractivity contribution is 0.204. The van der Waals surface area contributed by atoms with E-state index in [9.17, 15) is 0 Å². The monoisotopic (exact) mass is 195 g/mol. The van der Waals surface area contributed by atoms with Gasteiger partial charge in [-0.05, 0) is 14.0 Å². The van der Waals surface area contributed by atoms with Gasteiger partial charge in [-0.15, -0.1) is 5.73 Å². The van der Waals surface area contributed by atoms with E-state index < -0.39 is 0 Å². The molecule has 1 heterocycles. The van der Waals surface area contributed by atoms with E-state index in [1.165, 1.54) is 5.57 Å². The van der Waals surface area contributed by atoms with Gasteiger partial charge in [-0.1, -0.05) is 6.58 Å². The molecular weight excluding hydrogens is 174 g/mol. The van der Waals surface area contributed by atoms with Crippen molar-refractivity contribution in [3.05, 3.63) is 17.9 Å². The number of rotatable bonds is 4. The molecule has 1 saturated heterocycles. The third kappa shape index (κ3) is 2.96. The number of nitrogens with zero attached hydrogens (tertiary/aromatic N) is 1. The molecule has 14 heavy (non-hydrogen) atoms. The molecule has 1 fully saturated rings. The number of hydrogen-bond donors (Lipinski definition) is 2. The van der Waals surface area contributed by atoms with Gasteiger partial charge in [0.25, 0.3) is 0 Å². The van der Waals surface area contributed by atoms with Gasteiger partial charge in [-0.2, -0.15) is 0 Å². The Morgan fingerprint density at radius 3 is 2.71 bits per heavy atom. The average Bonchev–Trinajstić information content (AvgIpc) is 2.26. The third-order valence-electron chi connectivity index (χ3n) is 2.80. The van der Waals surface area contributed by atoms with Crippen molar-refractivity contribution in [3.63, 3.8) is 0 Å². The highest BCUT2D eigenvalue weighted by atomic mass is 15.2. The fourth-order valence-corrected chi connectivity index (χ4v) is 1.84. The van der Waals surface area contributed by atoms with Gasteiger partial charge in [-0.3, -0.25) is 4.90 Å². The Labute approximate surface area is 86.9 Å². The number of likely N-dealkylation sites (N-methyl/N-ethyl adjacent to an activating group) is 1. The first-order valence-corrected chi connectivity index (χ1v) is 5.27. The minimum Gasteiger partial charge on any atom is -0.315 e. The fraction of sp³-hybridized carbons (Fsp3) is 0.727. The number of piperazine rings is 1. The van der Waals surface area contributed by atoms with Crippen molar-refractivity contribution in [2.75, 3.05) is 39.8 Å². The van der Waals surface area contributed by atoms with Crippen molar-refractivity contribution in [2.45, 2.75) is 13.0 Å². The highest BCUT2D eigenvalue weighted by Crippen LogP contribution is 2.09. The summed E-state index contributed by atoms with van der Waals surface area (Å²) in [5, 5.41) is 6.51. The number of hydrogen-bond acceptors (Lipinski definition) is 3. The lowest BCUT2D eigenvalue weighted by Crippen LogP contribution is -2.48. The van der Waals surface area contributed by atoms with E-state index in [4.69, 9.17) is 0 Å². The summed E-state index contributed by atoms with van der Waals surface area (Å²) in [4.78, 5) is 2.47. The van der Waals surface area contributed by atoms with Crippen LogP contribution in [0.25, 0.3) is 0 Å². The summed E-state index contributed by atoms with van der Waals surface area (Å²) < 4.78 is 0. The summed E-state index contributed by atoms with van der Waals surface area (Å²) in [5.41, 5.74) is 4.30. The quantitative estimate of drug-likeness (QED) is 0.628. The maximum absolute atomic E-state index is 3.75. The molecule has 2 N–H and O–H groups in total. The SMILES string of the molecule is C=C=C(CNC)[C@H](C)N1CCNCC1. The maximum Gasteiger partial charge on any atom is 0.0367 e. The molecule has 3 heteroatoms. The lowest BCUT2D eigenvalue weighted by Gasteiger charge is -2.33. The van der Waals surface area contributed by atoms with Crippen LogP contribution in [0.15, 0.2) is 17.9 Å². The third-order valence-corrected chi connectivity index (χ3v) is 2.80. The molecule has 0 aliphatic carbocycles. The van der Waals surface area contributed by atoms with Gasteiger partial charge in [0, 0.05) is 44.3 Å². The van der Waals surface area contributed by atoms with Gasteiger partial charge in [0.15, 0.2) is 0 Å². The Morgan fingerprint density at radius 2 is 2.21 bits per heavy atom. The molecule has 1 atom stereocenters. The highest BCUT2D eigenvalue weighted by molar-refractivity contribution is 5.10. The smallest absolute Gasteiger partial charge is 0.0367 e. The summed E-state index contributed by atoms with van der Waals surface area (Å²) in [5.74, 6) is 0. The molecule has 80 valence electrons. The molecule has 3 nitrogen and oxygen atoms in total. The van der Waals surface area contributed by atoms with Gasteiger partial charge >= 0.3 is 0 Å². The maximum atomic E-state index is 3.75. The van der Waals surface area contributed by atoms with Crippen molar-refractivity contribution in [1.82, 2.24) is 15.5 Å². The molecule has 0 aromatic rings. The molecule has 1 aliphatic rings. The van der Waals surface area contributed by atoms with Crippen molar-refractivity contribution < 1.29 is 0 Å². The second-order valence-electron chi connectivity index (χ2n) is 3.69. The van der Waals surface area contributed by atoms with Crippen molar-refractivity contribution in [1.29, 1.82) is 0 Å². The summed E-state index contributed by atoms with van der Waals surface area (Å²) in [6.07, 6.45) is 0. The molecule has 0 aromatic carbocycles. The highest BCUT2D eigenvalue weighted by Gasteiger charge is 2.18. The molecule has 1 rings (SSSR count). The Morgan fingerprint density at radius 1 is 1.57 bits per heavy atom. The Kier molecular flexibility index (Phi) is 4.91. The van der Waals surface area contributed by atoms with Crippen LogP contribution in [-0.2, 0) is 0 Å². The second-order valence-corrected chi connectivity index (χ2v) is 3.69. The van der Waals surface area contributed by atoms with E-state index >= 15 is 0 Å². The second kappa shape index (κ2) is 5.99. The molecule has 0 radical (unpaired) electrons. The predicted molar refractivity (Wildman–Crippen MR) is 60.5 cm³/mol. The topological polar surface area (TPSA) is 27.3 Å². The molecule has 0 saturated carbocycles. The van der Waals surface area contributed by atoms with Crippen LogP contribution in [0.2, 0.25) is 0 Å². The number of nitrogens with one attached hydrogen (secondary N) is 2. The zero-order valence-electron chi connectivity index (χ0n) is 9.27. The minimum atomic E-state index is 0.460. The van der Waals surface area contributed by atoms with Crippen LogP contribution >= 0.6 is 0 Å². The van der Waals surface area contributed by atoms with E-state index in [1.807, 2.05) is 7.05 Å². The van der Waals surface area contributed by atoms with Crippen LogP contribution in [0, 0.1) is 0 Å². The van der Waals surface area contributed by atoms with Gasteiger partial charge < -0.3 is 10.6 Å². The van der Waals surface area contributed by atoms with E-state index in [1.54, 1.807) is 0 Å². The van der Waals surface area contributed by atoms with Crippen molar-refractivity contribution >= 4 is 0 Å². The van der Waals surface area contributed by atoms with Crippen LogP contribution in [0.3, 0.4) is 0 Å². The Balaban J connectivity index is 2.52. The van der Waals surface area contributed by atoms with Crippen LogP contribution < -0.4 is 10.6 Å². The molecule has 0 bridgehead atoms. The summed E-state index contributed by atoms with van der Waals surface area (Å²) >= 11 is 0. The van der Waals surface area contributed by atoms with Crippen molar-refractivity contribution in [3.8, 4) is 0 Å². The Bertz CT molecular complexity index is 213. The summed E-state index contributed by atoms with van der Waals surface area (Å²) in [6, 6.07) is 0.460. The van der Waals surface area contributed by atoms with Crippen LogP contribution in [0.5, 0.6) is 0 Å². The van der Waals surface area contributed by atoms with Gasteiger partial charge in [0.2, 0.25) is 0 Å². The van der Waals surface area contributed by atoms with E-state index in [0.29, 0.717) is 6.04 Å². The van der Waals surface area contributed by atoms with Gasteiger partial charge in [-0.25, -0.2) is 0 Å². The molecule has 0 amide bonds. The fourth-order valence-electron chi connectivity index (χ4n) is 1.84. The normalized spacial score (nSPS) is 20.1. The first-order chi connectivity index (χ1) is 6.79. The van der Waals surface area contributed by atoms with Crippen LogP contribution in [0.1, 0.15) is 6.92 Å². The van der Waals surface area contributed by atoms with E-state index in [2.05, 4.69) is 34.8 Å². The lowest BCUT2D eigenvalue weighted by atomic mass is 10.1. The van der Waals surface area contributed by atoms with E-state index in [-0.39, 0.29) is 0 Å². The molecule has 1 aliphatic heterocycles. The van der Waals surface area contributed by atoms with Crippen molar-refractivity contribution in [2.24, 2.45) is 0 Å². The zero-order valence-corrected chi connectivity index (χ0v) is 9.27. The van der Waals surface area contributed by atoms with Gasteiger partial charge in [0.05, 0.1) is 0 Å². The minimum absolute atomic E-state index is 0.460. The molecule has 0 spiro atoms.